The predicted molar refractivity (Wildman–Crippen MR) is 89.2 cm³/mol. The number of quaternary nitrogens is 1. The highest BCUT2D eigenvalue weighted by Crippen LogP contribution is 2.23. The summed E-state index contributed by atoms with van der Waals surface area (Å²) in [5, 5.41) is 3.18. The van der Waals surface area contributed by atoms with E-state index >= 15 is 0 Å². The zero-order valence-corrected chi connectivity index (χ0v) is 14.1. The maximum atomic E-state index is 12.1. The van der Waals surface area contributed by atoms with Crippen LogP contribution >= 0.6 is 11.6 Å². The zero-order chi connectivity index (χ0) is 17.3. The van der Waals surface area contributed by atoms with Gasteiger partial charge in [0, 0.05) is 28.4 Å². The van der Waals surface area contributed by atoms with Crippen LogP contribution in [0, 0.1) is 0 Å². The Morgan fingerprint density at radius 2 is 1.74 bits per heavy atom. The predicted octanol–water partition coefficient (Wildman–Crippen LogP) is 2.62. The highest BCUT2D eigenvalue weighted by Gasteiger charge is 2.27. The summed E-state index contributed by atoms with van der Waals surface area (Å²) in [7, 11) is -2.04. The molecule has 0 aliphatic heterocycles. The Hall–Kier alpha value is -1.93. The summed E-state index contributed by atoms with van der Waals surface area (Å²) in [5.74, 6) is -0.367. The van der Waals surface area contributed by atoms with E-state index in [9.17, 15) is 17.8 Å². The molecular formula is C15H15ClN2O4S. The van der Waals surface area contributed by atoms with Gasteiger partial charge in [-0.2, -0.15) is 8.42 Å². The van der Waals surface area contributed by atoms with Gasteiger partial charge in [0.2, 0.25) is 0 Å². The fourth-order valence-corrected chi connectivity index (χ4v) is 2.44. The first-order valence-electron chi connectivity index (χ1n) is 6.59. The van der Waals surface area contributed by atoms with E-state index in [1.54, 1.807) is 24.3 Å². The number of nitrogens with zero attached hydrogens (tertiary/aromatic N) is 1. The van der Waals surface area contributed by atoms with Gasteiger partial charge >= 0.3 is 0 Å². The summed E-state index contributed by atoms with van der Waals surface area (Å²) in [5.41, 5.74) is 1.14. The smallest absolute Gasteiger partial charge is 0.258 e. The third-order valence-electron chi connectivity index (χ3n) is 3.39. The minimum Gasteiger partial charge on any atom is -0.701 e. The number of hydrogen-bond donors (Lipinski definition) is 1. The van der Waals surface area contributed by atoms with E-state index in [4.69, 9.17) is 11.6 Å². The number of hydrogen-bond acceptors (Lipinski definition) is 4. The van der Waals surface area contributed by atoms with Gasteiger partial charge in [-0.3, -0.25) is 4.79 Å². The number of anilines is 1. The van der Waals surface area contributed by atoms with E-state index in [0.717, 1.165) is 0 Å². The lowest BCUT2D eigenvalue weighted by Crippen LogP contribution is -2.46. The second-order valence-electron chi connectivity index (χ2n) is 5.29. The minimum atomic E-state index is -4.57. The van der Waals surface area contributed by atoms with E-state index < -0.39 is 14.2 Å². The normalized spacial score (nSPS) is 12.0. The van der Waals surface area contributed by atoms with Crippen LogP contribution in [-0.2, 0) is 10.3 Å². The number of nitrogens with one attached hydrogen (secondary N) is 1. The lowest BCUT2D eigenvalue weighted by atomic mass is 10.2. The lowest BCUT2D eigenvalue weighted by Gasteiger charge is -2.30. The van der Waals surface area contributed by atoms with Crippen LogP contribution in [0.15, 0.2) is 48.5 Å². The summed E-state index contributed by atoms with van der Waals surface area (Å²) in [6.07, 6.45) is 0. The first-order chi connectivity index (χ1) is 10.6. The van der Waals surface area contributed by atoms with Crippen molar-refractivity contribution < 1.29 is 17.8 Å². The molecule has 0 aliphatic carbocycles. The summed E-state index contributed by atoms with van der Waals surface area (Å²) in [6.45, 7) is 0. The van der Waals surface area contributed by atoms with Gasteiger partial charge in [-0.15, -0.1) is 0 Å². The highest BCUT2D eigenvalue weighted by molar-refractivity contribution is 7.85. The number of rotatable bonds is 4. The molecule has 2 aromatic carbocycles. The van der Waals surface area contributed by atoms with Crippen molar-refractivity contribution in [2.24, 2.45) is 0 Å². The number of carbonyl (C=O) groups is 1. The van der Waals surface area contributed by atoms with Crippen molar-refractivity contribution in [1.29, 1.82) is 0 Å². The molecule has 23 heavy (non-hydrogen) atoms. The largest absolute Gasteiger partial charge is 0.701 e. The van der Waals surface area contributed by atoms with Crippen LogP contribution in [0.3, 0.4) is 0 Å². The summed E-state index contributed by atoms with van der Waals surface area (Å²) >= 11 is 5.85. The maximum absolute atomic E-state index is 12.1. The molecule has 0 saturated carbocycles. The molecule has 0 aromatic heterocycles. The van der Waals surface area contributed by atoms with Gasteiger partial charge in [0.25, 0.3) is 16.2 Å². The summed E-state index contributed by atoms with van der Waals surface area (Å²) in [4.78, 5) is 12.1. The Morgan fingerprint density at radius 3 is 2.26 bits per heavy atom. The average Bonchev–Trinajstić information content (AvgIpc) is 2.46. The SMILES string of the molecule is C[N+](C)(c1ccc(C(=O)Nc2cccc(Cl)c2)cc1)S(=O)(=O)[O-]. The molecule has 6 nitrogen and oxygen atoms in total. The van der Waals surface area contributed by atoms with E-state index in [1.165, 1.54) is 38.4 Å². The quantitative estimate of drug-likeness (QED) is 0.675. The monoisotopic (exact) mass is 354 g/mol. The number of carbonyl (C=O) groups excluding carboxylic acids is 1. The molecule has 0 saturated heterocycles. The van der Waals surface area contributed by atoms with Crippen molar-refractivity contribution in [2.75, 3.05) is 19.4 Å². The maximum Gasteiger partial charge on any atom is 0.258 e. The molecule has 0 fully saturated rings. The average molecular weight is 355 g/mol. The molecule has 8 heteroatoms. The molecule has 0 atom stereocenters. The Balaban J connectivity index is 2.21. The van der Waals surface area contributed by atoms with Gasteiger partial charge in [-0.25, -0.2) is 3.89 Å². The van der Waals surface area contributed by atoms with Crippen LogP contribution in [-0.4, -0.2) is 33.0 Å². The first kappa shape index (κ1) is 17.4. The lowest BCUT2D eigenvalue weighted by molar-refractivity contribution is 0.102. The molecule has 0 aliphatic rings. The van der Waals surface area contributed by atoms with E-state index in [-0.39, 0.29) is 11.6 Å². The molecule has 0 unspecified atom stereocenters. The van der Waals surface area contributed by atoms with Crippen LogP contribution < -0.4 is 9.21 Å². The molecule has 1 N–H and O–H groups in total. The van der Waals surface area contributed by atoms with Crippen molar-refractivity contribution in [1.82, 2.24) is 3.89 Å². The second kappa shape index (κ2) is 6.29. The third-order valence-corrected chi connectivity index (χ3v) is 4.96. The van der Waals surface area contributed by atoms with Crippen molar-refractivity contribution >= 4 is 39.2 Å². The molecule has 2 rings (SSSR count). The van der Waals surface area contributed by atoms with Crippen molar-refractivity contribution in [2.45, 2.75) is 0 Å². The topological polar surface area (TPSA) is 86.3 Å². The minimum absolute atomic E-state index is 0.263. The van der Waals surface area contributed by atoms with Crippen LogP contribution in [0.4, 0.5) is 11.4 Å². The van der Waals surface area contributed by atoms with Crippen LogP contribution in [0.5, 0.6) is 0 Å². The van der Waals surface area contributed by atoms with E-state index in [0.29, 0.717) is 16.3 Å². The van der Waals surface area contributed by atoms with Gasteiger partial charge < -0.3 is 9.87 Å². The van der Waals surface area contributed by atoms with Crippen molar-refractivity contribution in [3.8, 4) is 0 Å². The van der Waals surface area contributed by atoms with Gasteiger partial charge in [-0.1, -0.05) is 17.7 Å². The first-order valence-corrected chi connectivity index (χ1v) is 8.33. The van der Waals surface area contributed by atoms with Gasteiger partial charge in [0.05, 0.1) is 14.1 Å². The molecule has 0 bridgehead atoms. The van der Waals surface area contributed by atoms with Gasteiger partial charge in [0.1, 0.15) is 5.69 Å². The van der Waals surface area contributed by atoms with Gasteiger partial charge in [-0.05, 0) is 30.3 Å². The molecule has 2 aromatic rings. The van der Waals surface area contributed by atoms with Gasteiger partial charge in [0.15, 0.2) is 0 Å². The van der Waals surface area contributed by atoms with Crippen molar-refractivity contribution in [3.63, 3.8) is 0 Å². The van der Waals surface area contributed by atoms with Crippen LogP contribution in [0.2, 0.25) is 5.02 Å². The molecule has 0 spiro atoms. The molecular weight excluding hydrogens is 340 g/mol. The third kappa shape index (κ3) is 3.89. The number of amides is 1. The second-order valence-corrected chi connectivity index (χ2v) is 7.49. The van der Waals surface area contributed by atoms with Crippen LogP contribution in [0.1, 0.15) is 10.4 Å². The van der Waals surface area contributed by atoms with E-state index in [2.05, 4.69) is 5.32 Å². The fraction of sp³-hybridized carbons (Fsp3) is 0.133. The summed E-state index contributed by atoms with van der Waals surface area (Å²) < 4.78 is 33.0. The van der Waals surface area contributed by atoms with Crippen LogP contribution in [0.25, 0.3) is 0 Å². The molecule has 0 heterocycles. The standard InChI is InChI=1S/C15H15ClN2O4S/c1-18(2,23(20,21)22)14-8-6-11(7-9-14)15(19)17-13-5-3-4-12(16)10-13/h3-10H,1-2H3,(H-,17,19,20,21,22). The Morgan fingerprint density at radius 1 is 1.13 bits per heavy atom. The number of benzene rings is 2. The van der Waals surface area contributed by atoms with Crippen molar-refractivity contribution in [3.05, 3.63) is 59.1 Å². The molecule has 122 valence electrons. The summed E-state index contributed by atoms with van der Waals surface area (Å²) in [6, 6.07) is 12.5. The fourth-order valence-electron chi connectivity index (χ4n) is 1.87. The Kier molecular flexibility index (Phi) is 4.76. The van der Waals surface area contributed by atoms with E-state index in [1.807, 2.05) is 0 Å². The molecule has 1 amide bonds. The highest BCUT2D eigenvalue weighted by atomic mass is 35.5. The zero-order valence-electron chi connectivity index (χ0n) is 12.5. The Labute approximate surface area is 139 Å². The number of halogens is 1. The molecule has 0 radical (unpaired) electrons. The Bertz CT molecular complexity index is 833.